The van der Waals surface area contributed by atoms with Crippen molar-refractivity contribution in [2.75, 3.05) is 10.6 Å². The van der Waals surface area contributed by atoms with Crippen molar-refractivity contribution in [2.24, 2.45) is 0 Å². The third kappa shape index (κ3) is 5.08. The topological polar surface area (TPSA) is 104 Å². The summed E-state index contributed by atoms with van der Waals surface area (Å²) >= 11 is 2.12. The number of nitrogens with one attached hydrogen (secondary N) is 2. The highest BCUT2D eigenvalue weighted by atomic mass is 32.2. The van der Waals surface area contributed by atoms with Crippen LogP contribution in [0, 0.1) is 0 Å². The van der Waals surface area contributed by atoms with Gasteiger partial charge in [-0.15, -0.1) is 10.2 Å². The molecule has 0 radical (unpaired) electrons. The Balaban J connectivity index is 1.98. The minimum atomic E-state index is -0.440. The van der Waals surface area contributed by atoms with Gasteiger partial charge in [0.05, 0.1) is 4.91 Å². The Morgan fingerprint density at radius 2 is 1.83 bits per heavy atom. The highest BCUT2D eigenvalue weighted by molar-refractivity contribution is 8.05. The molecule has 120 valence electrons. The van der Waals surface area contributed by atoms with E-state index >= 15 is 0 Å². The Morgan fingerprint density at radius 3 is 2.43 bits per heavy atom. The predicted molar refractivity (Wildman–Crippen MR) is 90.9 cm³/mol. The first-order valence-corrected chi connectivity index (χ1v) is 8.14. The fourth-order valence-corrected chi connectivity index (χ4v) is 3.24. The van der Waals surface area contributed by atoms with E-state index in [0.717, 1.165) is 23.1 Å². The van der Waals surface area contributed by atoms with Crippen molar-refractivity contribution >= 4 is 45.7 Å². The number of para-hydroxylation sites is 1. The number of ketones is 1. The van der Waals surface area contributed by atoms with Crippen LogP contribution < -0.4 is 10.6 Å². The van der Waals surface area contributed by atoms with Crippen LogP contribution in [0.25, 0.3) is 0 Å². The molecule has 1 aromatic heterocycles. The van der Waals surface area contributed by atoms with E-state index in [1.54, 1.807) is 12.1 Å². The van der Waals surface area contributed by atoms with Crippen LogP contribution in [-0.4, -0.2) is 27.1 Å². The smallest absolute Gasteiger partial charge is 0.325 e. The molecule has 0 saturated carbocycles. The van der Waals surface area contributed by atoms with Gasteiger partial charge in [-0.25, -0.2) is 4.79 Å². The number of hydrogen-bond donors (Lipinski definition) is 3. The first-order valence-electron chi connectivity index (χ1n) is 6.51. The summed E-state index contributed by atoms with van der Waals surface area (Å²) in [5, 5.41) is 22.7. The Kier molecular flexibility index (Phi) is 5.72. The number of amides is 2. The maximum Gasteiger partial charge on any atom is 0.325 e. The third-order valence-electron chi connectivity index (χ3n) is 2.50. The lowest BCUT2D eigenvalue weighted by molar-refractivity contribution is -0.113. The van der Waals surface area contributed by atoms with Gasteiger partial charge in [0, 0.05) is 5.69 Å². The normalized spacial score (nSPS) is 11.6. The Hall–Kier alpha value is -2.39. The van der Waals surface area contributed by atoms with Gasteiger partial charge in [0.25, 0.3) is 0 Å². The van der Waals surface area contributed by atoms with Crippen LogP contribution in [0.1, 0.15) is 13.8 Å². The summed E-state index contributed by atoms with van der Waals surface area (Å²) in [4.78, 5) is 23.4. The van der Waals surface area contributed by atoms with Gasteiger partial charge in [0.15, 0.2) is 10.1 Å². The lowest BCUT2D eigenvalue weighted by Crippen LogP contribution is -2.19. The van der Waals surface area contributed by atoms with Crippen LogP contribution in [0.4, 0.5) is 15.6 Å². The van der Waals surface area contributed by atoms with Crippen molar-refractivity contribution < 1.29 is 14.7 Å². The number of aliphatic hydroxyl groups is 1. The van der Waals surface area contributed by atoms with Gasteiger partial charge in [-0.2, -0.15) is 0 Å². The molecule has 0 bridgehead atoms. The minimum Gasteiger partial charge on any atom is -0.511 e. The van der Waals surface area contributed by atoms with Crippen LogP contribution in [0.2, 0.25) is 0 Å². The molecule has 2 rings (SSSR count). The first-order chi connectivity index (χ1) is 11.0. The van der Waals surface area contributed by atoms with Crippen LogP contribution in [0.3, 0.4) is 0 Å². The number of allylic oxidation sites excluding steroid dienone is 2. The molecule has 0 aliphatic carbocycles. The van der Waals surface area contributed by atoms with Crippen LogP contribution >= 0.6 is 23.1 Å². The van der Waals surface area contributed by atoms with E-state index in [0.29, 0.717) is 15.2 Å². The fourth-order valence-electron chi connectivity index (χ4n) is 1.57. The highest BCUT2D eigenvalue weighted by Gasteiger charge is 2.15. The summed E-state index contributed by atoms with van der Waals surface area (Å²) in [5.74, 6) is -0.337. The summed E-state index contributed by atoms with van der Waals surface area (Å²) in [6.45, 7) is 2.78. The second kappa shape index (κ2) is 7.75. The number of thioether (sulfide) groups is 1. The molecule has 0 aliphatic rings. The van der Waals surface area contributed by atoms with E-state index in [2.05, 4.69) is 20.8 Å². The molecule has 1 heterocycles. The van der Waals surface area contributed by atoms with Crippen molar-refractivity contribution in [3.63, 3.8) is 0 Å². The van der Waals surface area contributed by atoms with Crippen molar-refractivity contribution in [3.8, 4) is 0 Å². The molecule has 2 amide bonds. The average Bonchev–Trinajstić information content (AvgIpc) is 2.92. The largest absolute Gasteiger partial charge is 0.511 e. The maximum atomic E-state index is 11.8. The summed E-state index contributed by atoms with van der Waals surface area (Å²) in [6, 6.07) is 8.54. The molecule has 0 spiro atoms. The summed E-state index contributed by atoms with van der Waals surface area (Å²) in [6.07, 6.45) is 0. The van der Waals surface area contributed by atoms with E-state index in [9.17, 15) is 14.7 Å². The number of carbonyl (C=O) groups is 2. The van der Waals surface area contributed by atoms with Gasteiger partial charge in [0.1, 0.15) is 5.76 Å². The summed E-state index contributed by atoms with van der Waals surface area (Å²) in [7, 11) is 0. The number of hydrogen-bond acceptors (Lipinski definition) is 7. The molecule has 0 fully saturated rings. The number of benzene rings is 1. The highest BCUT2D eigenvalue weighted by Crippen LogP contribution is 2.32. The number of Topliss-reactive ketones (excluding diaryl/α,β-unsaturated/α-hetero) is 1. The zero-order chi connectivity index (χ0) is 16.8. The summed E-state index contributed by atoms with van der Waals surface area (Å²) in [5.41, 5.74) is 0.654. The van der Waals surface area contributed by atoms with Crippen LogP contribution in [0.5, 0.6) is 0 Å². The van der Waals surface area contributed by atoms with Gasteiger partial charge >= 0.3 is 6.03 Å². The van der Waals surface area contributed by atoms with Gasteiger partial charge < -0.3 is 10.4 Å². The average molecular weight is 350 g/mol. The van der Waals surface area contributed by atoms with E-state index in [1.165, 1.54) is 13.8 Å². The molecule has 3 N–H and O–H groups in total. The predicted octanol–water partition coefficient (Wildman–Crippen LogP) is 3.65. The van der Waals surface area contributed by atoms with Crippen LogP contribution in [-0.2, 0) is 4.79 Å². The van der Waals surface area contributed by atoms with Gasteiger partial charge in [-0.3, -0.25) is 10.1 Å². The molecule has 2 aromatic rings. The molecule has 9 heteroatoms. The number of rotatable bonds is 5. The van der Waals surface area contributed by atoms with E-state index in [4.69, 9.17) is 0 Å². The number of urea groups is 1. The number of carbonyl (C=O) groups excluding carboxylic acids is 2. The second-order valence-electron chi connectivity index (χ2n) is 4.39. The van der Waals surface area contributed by atoms with Crippen molar-refractivity contribution in [2.45, 2.75) is 18.2 Å². The lowest BCUT2D eigenvalue weighted by Gasteiger charge is -2.04. The zero-order valence-electron chi connectivity index (χ0n) is 12.4. The Labute approximate surface area is 140 Å². The second-order valence-corrected chi connectivity index (χ2v) is 6.63. The zero-order valence-corrected chi connectivity index (χ0v) is 14.0. The van der Waals surface area contributed by atoms with Gasteiger partial charge in [-0.05, 0) is 37.7 Å². The molecular formula is C14H14N4O3S2. The summed E-state index contributed by atoms with van der Waals surface area (Å²) < 4.78 is 0.443. The van der Waals surface area contributed by atoms with Crippen molar-refractivity contribution in [3.05, 3.63) is 41.0 Å². The van der Waals surface area contributed by atoms with Gasteiger partial charge in [0.2, 0.25) is 5.13 Å². The molecule has 0 unspecified atom stereocenters. The molecule has 0 aliphatic heterocycles. The quantitative estimate of drug-likeness (QED) is 0.329. The van der Waals surface area contributed by atoms with E-state index in [1.807, 2.05) is 18.2 Å². The molecule has 0 atom stereocenters. The Morgan fingerprint density at radius 1 is 1.13 bits per heavy atom. The number of anilines is 2. The van der Waals surface area contributed by atoms with Crippen molar-refractivity contribution in [1.29, 1.82) is 0 Å². The monoisotopic (exact) mass is 350 g/mol. The van der Waals surface area contributed by atoms with Crippen LogP contribution in [0.15, 0.2) is 45.3 Å². The first kappa shape index (κ1) is 17.0. The SMILES string of the molecule is CC(=O)/C(Sc1nnc(NC(=O)Nc2ccccc2)s1)=C(\C)O. The molecule has 1 aromatic carbocycles. The van der Waals surface area contributed by atoms with E-state index < -0.39 is 6.03 Å². The standard InChI is InChI=1S/C14H14N4O3S2/c1-8(19)11(9(2)20)22-14-18-17-13(23-14)16-12(21)15-10-6-4-3-5-7-10/h3-7,19H,1-2H3,(H2,15,16,17,21)/b11-8-. The number of aliphatic hydroxyl groups excluding tert-OH is 1. The number of nitrogens with zero attached hydrogens (tertiary/aromatic N) is 2. The maximum absolute atomic E-state index is 11.8. The molecule has 0 saturated heterocycles. The molecular weight excluding hydrogens is 336 g/mol. The van der Waals surface area contributed by atoms with Crippen molar-refractivity contribution in [1.82, 2.24) is 10.2 Å². The fraction of sp³-hybridized carbons (Fsp3) is 0.143. The molecule has 7 nitrogen and oxygen atoms in total. The van der Waals surface area contributed by atoms with Gasteiger partial charge in [-0.1, -0.05) is 29.5 Å². The number of aromatic nitrogens is 2. The Bertz CT molecular complexity index is 739. The third-order valence-corrected chi connectivity index (χ3v) is 4.67. The lowest BCUT2D eigenvalue weighted by atomic mass is 10.3. The van der Waals surface area contributed by atoms with E-state index in [-0.39, 0.29) is 16.4 Å². The minimum absolute atomic E-state index is 0.0750. The molecule has 23 heavy (non-hydrogen) atoms.